The number of aliphatic hydroxyl groups is 1. The topological polar surface area (TPSA) is 32.3 Å². The molecule has 0 aromatic rings. The Hall–Kier alpha value is 0.270. The Kier molecular flexibility index (Phi) is 2.86. The Labute approximate surface area is 84.5 Å². The van der Waals surface area contributed by atoms with Gasteiger partial charge in [0.1, 0.15) is 0 Å². The van der Waals surface area contributed by atoms with Crippen LogP contribution in [0.1, 0.15) is 26.2 Å². The molecule has 0 radical (unpaired) electrons. The van der Waals surface area contributed by atoms with Crippen molar-refractivity contribution in [2.24, 2.45) is 5.41 Å². The molecule has 1 heterocycles. The molecule has 3 heteroatoms. The maximum absolute atomic E-state index is 9.35. The molecule has 2 nitrogen and oxygen atoms in total. The first kappa shape index (κ1) is 9.81. The van der Waals surface area contributed by atoms with Crippen LogP contribution in [-0.2, 0) is 0 Å². The summed E-state index contributed by atoms with van der Waals surface area (Å²) in [5.41, 5.74) is 0.153. The number of nitrogens with one attached hydrogen (secondary N) is 1. The third-order valence-electron chi connectivity index (χ3n) is 3.52. The predicted molar refractivity (Wildman–Crippen MR) is 57.1 cm³/mol. The van der Waals surface area contributed by atoms with Crippen molar-refractivity contribution < 1.29 is 5.11 Å². The van der Waals surface area contributed by atoms with Crippen LogP contribution in [0.2, 0.25) is 0 Å². The fourth-order valence-corrected chi connectivity index (χ4v) is 2.99. The van der Waals surface area contributed by atoms with Crippen LogP contribution in [-0.4, -0.2) is 35.3 Å². The van der Waals surface area contributed by atoms with Gasteiger partial charge in [0.25, 0.3) is 0 Å². The van der Waals surface area contributed by atoms with Crippen molar-refractivity contribution >= 4 is 11.8 Å². The lowest BCUT2D eigenvalue weighted by Crippen LogP contribution is -2.51. The lowest BCUT2D eigenvalue weighted by Gasteiger charge is -2.36. The van der Waals surface area contributed by atoms with E-state index in [1.54, 1.807) is 0 Å². The van der Waals surface area contributed by atoms with Crippen LogP contribution in [0.15, 0.2) is 0 Å². The van der Waals surface area contributed by atoms with Gasteiger partial charge in [0, 0.05) is 35.6 Å². The van der Waals surface area contributed by atoms with Crippen LogP contribution >= 0.6 is 11.8 Å². The SMILES string of the molecule is CC1(CO)CCCC1NC1CSC1. The third-order valence-corrected chi connectivity index (χ3v) is 4.79. The minimum Gasteiger partial charge on any atom is -0.396 e. The fourth-order valence-electron chi connectivity index (χ4n) is 2.32. The maximum Gasteiger partial charge on any atom is 0.0499 e. The highest BCUT2D eigenvalue weighted by molar-refractivity contribution is 8.00. The second-order valence-electron chi connectivity index (χ2n) is 4.66. The molecular weight excluding hydrogens is 182 g/mol. The zero-order chi connectivity index (χ0) is 9.31. The van der Waals surface area contributed by atoms with E-state index in [-0.39, 0.29) is 5.41 Å². The van der Waals surface area contributed by atoms with E-state index in [9.17, 15) is 5.11 Å². The highest BCUT2D eigenvalue weighted by atomic mass is 32.2. The molecule has 0 aromatic heterocycles. The summed E-state index contributed by atoms with van der Waals surface area (Å²) in [6, 6.07) is 1.28. The summed E-state index contributed by atoms with van der Waals surface area (Å²) in [6.45, 7) is 2.55. The van der Waals surface area contributed by atoms with Crippen LogP contribution in [0, 0.1) is 5.41 Å². The van der Waals surface area contributed by atoms with E-state index >= 15 is 0 Å². The number of aliphatic hydroxyl groups excluding tert-OH is 1. The summed E-state index contributed by atoms with van der Waals surface area (Å²) in [5, 5.41) is 13.0. The summed E-state index contributed by atoms with van der Waals surface area (Å²) in [6.07, 6.45) is 3.70. The van der Waals surface area contributed by atoms with Gasteiger partial charge in [0.05, 0.1) is 0 Å². The minimum absolute atomic E-state index is 0.153. The molecule has 0 aromatic carbocycles. The van der Waals surface area contributed by atoms with Gasteiger partial charge in [-0.3, -0.25) is 0 Å². The monoisotopic (exact) mass is 201 g/mol. The first-order chi connectivity index (χ1) is 6.24. The molecule has 1 aliphatic carbocycles. The molecule has 2 rings (SSSR count). The molecular formula is C10H19NOS. The average molecular weight is 201 g/mol. The molecule has 1 aliphatic heterocycles. The van der Waals surface area contributed by atoms with Crippen molar-refractivity contribution in [3.63, 3.8) is 0 Å². The van der Waals surface area contributed by atoms with Gasteiger partial charge in [0.2, 0.25) is 0 Å². The molecule has 0 amide bonds. The first-order valence-corrected chi connectivity index (χ1v) is 6.35. The average Bonchev–Trinajstić information content (AvgIpc) is 2.41. The smallest absolute Gasteiger partial charge is 0.0499 e. The number of rotatable bonds is 3. The lowest BCUT2D eigenvalue weighted by atomic mass is 9.85. The Balaban J connectivity index is 1.89. The van der Waals surface area contributed by atoms with E-state index in [4.69, 9.17) is 0 Å². The molecule has 1 saturated heterocycles. The molecule has 2 unspecified atom stereocenters. The number of thioether (sulfide) groups is 1. The van der Waals surface area contributed by atoms with E-state index in [2.05, 4.69) is 12.2 Å². The Bertz CT molecular complexity index is 184. The van der Waals surface area contributed by atoms with Crippen molar-refractivity contribution in [3.8, 4) is 0 Å². The lowest BCUT2D eigenvalue weighted by molar-refractivity contribution is 0.115. The summed E-state index contributed by atoms with van der Waals surface area (Å²) in [7, 11) is 0. The van der Waals surface area contributed by atoms with Gasteiger partial charge in [-0.1, -0.05) is 13.3 Å². The highest BCUT2D eigenvalue weighted by Gasteiger charge is 2.39. The Morgan fingerprint density at radius 3 is 2.85 bits per heavy atom. The third kappa shape index (κ3) is 1.88. The fraction of sp³-hybridized carbons (Fsp3) is 1.00. The van der Waals surface area contributed by atoms with E-state index < -0.39 is 0 Å². The van der Waals surface area contributed by atoms with Crippen LogP contribution in [0.3, 0.4) is 0 Å². The van der Waals surface area contributed by atoms with Gasteiger partial charge in [0.15, 0.2) is 0 Å². The zero-order valence-corrected chi connectivity index (χ0v) is 9.07. The standard InChI is InChI=1S/C10H19NOS/c1-10(7-12)4-2-3-9(10)11-8-5-13-6-8/h8-9,11-12H,2-7H2,1H3. The molecule has 0 bridgehead atoms. The number of hydrogen-bond donors (Lipinski definition) is 2. The number of hydrogen-bond acceptors (Lipinski definition) is 3. The summed E-state index contributed by atoms with van der Waals surface area (Å²) < 4.78 is 0. The van der Waals surface area contributed by atoms with Crippen molar-refractivity contribution in [2.45, 2.75) is 38.3 Å². The van der Waals surface area contributed by atoms with E-state index in [0.717, 1.165) is 6.04 Å². The normalized spacial score (nSPS) is 40.6. The van der Waals surface area contributed by atoms with Gasteiger partial charge < -0.3 is 10.4 Å². The van der Waals surface area contributed by atoms with Crippen molar-refractivity contribution in [1.82, 2.24) is 5.32 Å². The maximum atomic E-state index is 9.35. The molecule has 76 valence electrons. The molecule has 2 fully saturated rings. The molecule has 0 spiro atoms. The van der Waals surface area contributed by atoms with Gasteiger partial charge >= 0.3 is 0 Å². The molecule has 2 atom stereocenters. The Morgan fingerprint density at radius 2 is 2.31 bits per heavy atom. The van der Waals surface area contributed by atoms with E-state index in [0.29, 0.717) is 12.6 Å². The summed E-state index contributed by atoms with van der Waals surface area (Å²) >= 11 is 2.01. The predicted octanol–water partition coefficient (Wildman–Crippen LogP) is 1.24. The highest BCUT2D eigenvalue weighted by Crippen LogP contribution is 2.38. The molecule has 13 heavy (non-hydrogen) atoms. The molecule has 2 aliphatic rings. The van der Waals surface area contributed by atoms with Crippen LogP contribution < -0.4 is 5.32 Å². The van der Waals surface area contributed by atoms with Crippen molar-refractivity contribution in [2.75, 3.05) is 18.1 Å². The van der Waals surface area contributed by atoms with E-state index in [1.807, 2.05) is 11.8 Å². The first-order valence-electron chi connectivity index (χ1n) is 5.19. The van der Waals surface area contributed by atoms with Gasteiger partial charge in [-0.2, -0.15) is 11.8 Å². The van der Waals surface area contributed by atoms with Gasteiger partial charge in [-0.25, -0.2) is 0 Å². The van der Waals surface area contributed by atoms with Crippen molar-refractivity contribution in [1.29, 1.82) is 0 Å². The Morgan fingerprint density at radius 1 is 1.54 bits per heavy atom. The van der Waals surface area contributed by atoms with E-state index in [1.165, 1.54) is 30.8 Å². The second kappa shape index (κ2) is 3.79. The summed E-state index contributed by atoms with van der Waals surface area (Å²) in [5.74, 6) is 2.52. The molecule has 1 saturated carbocycles. The van der Waals surface area contributed by atoms with Crippen LogP contribution in [0.5, 0.6) is 0 Å². The van der Waals surface area contributed by atoms with Crippen LogP contribution in [0.25, 0.3) is 0 Å². The van der Waals surface area contributed by atoms with Gasteiger partial charge in [-0.15, -0.1) is 0 Å². The largest absolute Gasteiger partial charge is 0.396 e. The van der Waals surface area contributed by atoms with Gasteiger partial charge in [-0.05, 0) is 12.8 Å². The second-order valence-corrected chi connectivity index (χ2v) is 5.73. The quantitative estimate of drug-likeness (QED) is 0.720. The van der Waals surface area contributed by atoms with Crippen LogP contribution in [0.4, 0.5) is 0 Å². The molecule has 2 N–H and O–H groups in total. The summed E-state index contributed by atoms with van der Waals surface area (Å²) in [4.78, 5) is 0. The van der Waals surface area contributed by atoms with Crippen molar-refractivity contribution in [3.05, 3.63) is 0 Å². The minimum atomic E-state index is 0.153. The zero-order valence-electron chi connectivity index (χ0n) is 8.25.